The van der Waals surface area contributed by atoms with Crippen LogP contribution in [0.1, 0.15) is 5.56 Å². The minimum atomic E-state index is -0.471. The summed E-state index contributed by atoms with van der Waals surface area (Å²) < 4.78 is 10.2. The molecule has 1 nitrogen and oxygen atoms in total. The van der Waals surface area contributed by atoms with Gasteiger partial charge in [0.15, 0.2) is 0 Å². The fourth-order valence-electron chi connectivity index (χ4n) is 0.642. The Labute approximate surface area is 60.4 Å². The average Bonchev–Trinajstić information content (AvgIpc) is 1.91. The van der Waals surface area contributed by atoms with Crippen LogP contribution in [0.25, 0.3) is 0 Å². The summed E-state index contributed by atoms with van der Waals surface area (Å²) in [7, 11) is 0. The molecule has 0 aliphatic rings. The third-order valence-corrected chi connectivity index (χ3v) is 2.02. The van der Waals surface area contributed by atoms with Gasteiger partial charge >= 0.3 is 59.9 Å². The summed E-state index contributed by atoms with van der Waals surface area (Å²) in [4.78, 5) is 0. The molecule has 0 aliphatic heterocycles. The van der Waals surface area contributed by atoms with Gasteiger partial charge in [0.05, 0.1) is 0 Å². The van der Waals surface area contributed by atoms with E-state index in [-0.39, 0.29) is 0 Å². The van der Waals surface area contributed by atoms with E-state index in [0.717, 1.165) is 5.56 Å². The molecule has 0 spiro atoms. The summed E-state index contributed by atoms with van der Waals surface area (Å²) >= 11 is -0.471. The maximum atomic E-state index is 10.2. The Hall–Kier alpha value is -0.461. The molecule has 1 aromatic rings. The van der Waals surface area contributed by atoms with E-state index in [2.05, 4.69) is 0 Å². The van der Waals surface area contributed by atoms with Crippen molar-refractivity contribution >= 4 is 14.9 Å². The summed E-state index contributed by atoms with van der Waals surface area (Å²) in [5, 5.41) is 0.716. The number of benzene rings is 1. The summed E-state index contributed by atoms with van der Waals surface area (Å²) in [6, 6.07) is 9.85. The number of hydrogen-bond acceptors (Lipinski definition) is 1. The molecule has 0 unspecified atom stereocenters. The first-order valence-electron chi connectivity index (χ1n) is 2.72. The molecule has 0 aliphatic carbocycles. The molecule has 0 bridgehead atoms. The molecule has 0 fully saturated rings. The van der Waals surface area contributed by atoms with E-state index in [1.165, 1.54) is 0 Å². The van der Waals surface area contributed by atoms with Crippen LogP contribution >= 0.6 is 0 Å². The van der Waals surface area contributed by atoms with E-state index in [4.69, 9.17) is 0 Å². The quantitative estimate of drug-likeness (QED) is 0.635. The van der Waals surface area contributed by atoms with Crippen molar-refractivity contribution in [1.29, 1.82) is 0 Å². The van der Waals surface area contributed by atoms with Crippen LogP contribution in [0.4, 0.5) is 0 Å². The van der Waals surface area contributed by atoms with E-state index in [1.54, 1.807) is 0 Å². The van der Waals surface area contributed by atoms with E-state index in [0.29, 0.717) is 5.32 Å². The van der Waals surface area contributed by atoms with Crippen molar-refractivity contribution in [2.75, 3.05) is 0 Å². The molecule has 0 saturated carbocycles. The Bertz CT molecular complexity index is 183. The van der Waals surface area contributed by atoms with Crippen molar-refractivity contribution in [2.45, 2.75) is 5.32 Å². The molecule has 1 radical (unpaired) electrons. The van der Waals surface area contributed by atoms with Crippen LogP contribution in [0.15, 0.2) is 30.3 Å². The van der Waals surface area contributed by atoms with Gasteiger partial charge in [-0.3, -0.25) is 0 Å². The van der Waals surface area contributed by atoms with Crippen LogP contribution in [0.3, 0.4) is 0 Å². The fourth-order valence-corrected chi connectivity index (χ4v) is 1.33. The second kappa shape index (κ2) is 3.54. The van der Waals surface area contributed by atoms with Crippen molar-refractivity contribution in [3.8, 4) is 0 Å². The van der Waals surface area contributed by atoms with E-state index >= 15 is 0 Å². The Morgan fingerprint density at radius 1 is 1.22 bits per heavy atom. The first kappa shape index (κ1) is 6.66. The van der Waals surface area contributed by atoms with Crippen molar-refractivity contribution < 1.29 is 3.83 Å². The van der Waals surface area contributed by atoms with Crippen molar-refractivity contribution in [1.82, 2.24) is 0 Å². The molecule has 1 aromatic carbocycles. The van der Waals surface area contributed by atoms with E-state index in [9.17, 15) is 3.83 Å². The van der Waals surface area contributed by atoms with Gasteiger partial charge < -0.3 is 0 Å². The molecule has 0 saturated heterocycles. The summed E-state index contributed by atoms with van der Waals surface area (Å²) in [5.41, 5.74) is 1.16. The zero-order valence-electron chi connectivity index (χ0n) is 4.91. The third-order valence-electron chi connectivity index (χ3n) is 1.07. The molecule has 2 heteroatoms. The van der Waals surface area contributed by atoms with Gasteiger partial charge in [-0.15, -0.1) is 0 Å². The fraction of sp³-hybridized carbons (Fsp3) is 0.143. The molecule has 9 heavy (non-hydrogen) atoms. The normalized spacial score (nSPS) is 8.89. The first-order chi connectivity index (χ1) is 4.43. The second-order valence-corrected chi connectivity index (χ2v) is 2.85. The van der Waals surface area contributed by atoms with Crippen molar-refractivity contribution in [2.24, 2.45) is 0 Å². The van der Waals surface area contributed by atoms with Gasteiger partial charge in [0.1, 0.15) is 0 Å². The zero-order valence-corrected chi connectivity index (χ0v) is 6.62. The van der Waals surface area contributed by atoms with Crippen LogP contribution in [0, 0.1) is 0 Å². The SMILES string of the molecule is O=[Se]Cc1ccccc1. The van der Waals surface area contributed by atoms with Gasteiger partial charge in [-0.25, -0.2) is 0 Å². The summed E-state index contributed by atoms with van der Waals surface area (Å²) in [6.45, 7) is 0. The Morgan fingerprint density at radius 3 is 2.44 bits per heavy atom. The Morgan fingerprint density at radius 2 is 1.89 bits per heavy atom. The molecule has 47 valence electrons. The predicted molar refractivity (Wildman–Crippen MR) is 36.6 cm³/mol. The minimum absolute atomic E-state index is 0.471. The van der Waals surface area contributed by atoms with E-state index in [1.807, 2.05) is 30.3 Å². The molecule has 0 heterocycles. The zero-order chi connectivity index (χ0) is 6.53. The Kier molecular flexibility index (Phi) is 2.62. The Balaban J connectivity index is 2.72. The van der Waals surface area contributed by atoms with Crippen LogP contribution in [0.2, 0.25) is 0 Å². The van der Waals surface area contributed by atoms with Gasteiger partial charge in [0.2, 0.25) is 0 Å². The number of hydrogen-bond donors (Lipinski definition) is 0. The summed E-state index contributed by atoms with van der Waals surface area (Å²) in [5.74, 6) is 0. The maximum absolute atomic E-state index is 10.2. The first-order valence-corrected chi connectivity index (χ1v) is 4.63. The van der Waals surface area contributed by atoms with Crippen LogP contribution < -0.4 is 0 Å². The summed E-state index contributed by atoms with van der Waals surface area (Å²) in [6.07, 6.45) is 0. The number of rotatable bonds is 2. The standard InChI is InChI=1S/C7H7OSe/c8-9-6-7-4-2-1-3-5-7/h1-5H,6H2. The van der Waals surface area contributed by atoms with Crippen molar-refractivity contribution in [3.05, 3.63) is 35.9 Å². The van der Waals surface area contributed by atoms with Crippen LogP contribution in [0.5, 0.6) is 0 Å². The van der Waals surface area contributed by atoms with Gasteiger partial charge in [0, 0.05) is 0 Å². The topological polar surface area (TPSA) is 17.1 Å². The van der Waals surface area contributed by atoms with Crippen LogP contribution in [-0.2, 0) is 9.15 Å². The van der Waals surface area contributed by atoms with E-state index < -0.39 is 14.9 Å². The third kappa shape index (κ3) is 2.08. The van der Waals surface area contributed by atoms with Gasteiger partial charge in [0.25, 0.3) is 0 Å². The van der Waals surface area contributed by atoms with Gasteiger partial charge in [-0.2, -0.15) is 0 Å². The molecular weight excluding hydrogens is 179 g/mol. The monoisotopic (exact) mass is 187 g/mol. The molecule has 0 amide bonds. The second-order valence-electron chi connectivity index (χ2n) is 1.75. The molecule has 0 N–H and O–H groups in total. The molecule has 0 atom stereocenters. The molecule has 0 aromatic heterocycles. The predicted octanol–water partition coefficient (Wildman–Crippen LogP) is 1.24. The van der Waals surface area contributed by atoms with Crippen molar-refractivity contribution in [3.63, 3.8) is 0 Å². The van der Waals surface area contributed by atoms with Gasteiger partial charge in [-0.05, 0) is 0 Å². The molecule has 1 rings (SSSR count). The van der Waals surface area contributed by atoms with Gasteiger partial charge in [-0.1, -0.05) is 0 Å². The average molecular weight is 186 g/mol. The van der Waals surface area contributed by atoms with Crippen LogP contribution in [-0.4, -0.2) is 14.9 Å². The molecular formula is C7H7OSe.